The SMILES string of the molecule is CCN(Cc1cccs1)C(C)CCN. The van der Waals surface area contributed by atoms with Crippen molar-refractivity contribution < 1.29 is 0 Å². The standard InChI is InChI=1S/C11H20N2S/c1-3-13(10(2)6-7-12)9-11-5-4-8-14-11/h4-5,8,10H,3,6-7,9,12H2,1-2H3. The topological polar surface area (TPSA) is 29.3 Å². The Labute approximate surface area is 90.7 Å². The average Bonchev–Trinajstić information content (AvgIpc) is 2.66. The Morgan fingerprint density at radius 2 is 2.36 bits per heavy atom. The summed E-state index contributed by atoms with van der Waals surface area (Å²) in [6, 6.07) is 4.90. The second kappa shape index (κ2) is 6.17. The van der Waals surface area contributed by atoms with Gasteiger partial charge in [-0.2, -0.15) is 0 Å². The quantitative estimate of drug-likeness (QED) is 0.784. The molecule has 2 N–H and O–H groups in total. The van der Waals surface area contributed by atoms with Crippen LogP contribution < -0.4 is 5.73 Å². The first-order valence-electron chi connectivity index (χ1n) is 5.24. The first kappa shape index (κ1) is 11.7. The van der Waals surface area contributed by atoms with Crippen LogP contribution in [0.1, 0.15) is 25.1 Å². The van der Waals surface area contributed by atoms with Crippen molar-refractivity contribution in [1.82, 2.24) is 4.90 Å². The minimum absolute atomic E-state index is 0.590. The molecular weight excluding hydrogens is 192 g/mol. The normalized spacial score (nSPS) is 13.4. The monoisotopic (exact) mass is 212 g/mol. The molecule has 1 unspecified atom stereocenters. The van der Waals surface area contributed by atoms with Crippen LogP contribution in [0, 0.1) is 0 Å². The molecule has 0 spiro atoms. The molecule has 1 heterocycles. The molecule has 1 atom stereocenters. The van der Waals surface area contributed by atoms with Crippen molar-refractivity contribution in [2.75, 3.05) is 13.1 Å². The van der Waals surface area contributed by atoms with Gasteiger partial charge in [0.15, 0.2) is 0 Å². The second-order valence-electron chi connectivity index (χ2n) is 3.57. The molecule has 0 fully saturated rings. The Kier molecular flexibility index (Phi) is 5.15. The maximum atomic E-state index is 5.57. The van der Waals surface area contributed by atoms with Crippen LogP contribution in [0.5, 0.6) is 0 Å². The summed E-state index contributed by atoms with van der Waals surface area (Å²) in [5.74, 6) is 0. The van der Waals surface area contributed by atoms with E-state index in [0.717, 1.165) is 26.1 Å². The lowest BCUT2D eigenvalue weighted by Crippen LogP contribution is -2.33. The lowest BCUT2D eigenvalue weighted by Gasteiger charge is -2.26. The fourth-order valence-corrected chi connectivity index (χ4v) is 2.34. The number of rotatable bonds is 6. The van der Waals surface area contributed by atoms with Gasteiger partial charge in [0.1, 0.15) is 0 Å². The van der Waals surface area contributed by atoms with Gasteiger partial charge in [0.25, 0.3) is 0 Å². The van der Waals surface area contributed by atoms with E-state index >= 15 is 0 Å². The van der Waals surface area contributed by atoms with E-state index in [1.165, 1.54) is 4.88 Å². The van der Waals surface area contributed by atoms with Gasteiger partial charge < -0.3 is 5.73 Å². The van der Waals surface area contributed by atoms with Crippen molar-refractivity contribution in [3.63, 3.8) is 0 Å². The number of nitrogens with zero attached hydrogens (tertiary/aromatic N) is 1. The summed E-state index contributed by atoms with van der Waals surface area (Å²) in [7, 11) is 0. The van der Waals surface area contributed by atoms with Gasteiger partial charge in [0.05, 0.1) is 0 Å². The average molecular weight is 212 g/mol. The molecule has 0 aliphatic heterocycles. The Morgan fingerprint density at radius 3 is 2.86 bits per heavy atom. The molecular formula is C11H20N2S. The van der Waals surface area contributed by atoms with Crippen LogP contribution in [-0.2, 0) is 6.54 Å². The van der Waals surface area contributed by atoms with Crippen molar-refractivity contribution >= 4 is 11.3 Å². The summed E-state index contributed by atoms with van der Waals surface area (Å²) >= 11 is 1.83. The van der Waals surface area contributed by atoms with Gasteiger partial charge in [-0.15, -0.1) is 11.3 Å². The van der Waals surface area contributed by atoms with E-state index in [2.05, 4.69) is 36.3 Å². The van der Waals surface area contributed by atoms with Gasteiger partial charge in [-0.3, -0.25) is 4.90 Å². The molecule has 0 bridgehead atoms. The van der Waals surface area contributed by atoms with E-state index in [1.807, 2.05) is 11.3 Å². The molecule has 1 aromatic rings. The third kappa shape index (κ3) is 3.40. The Hall–Kier alpha value is -0.380. The van der Waals surface area contributed by atoms with Crippen molar-refractivity contribution in [3.05, 3.63) is 22.4 Å². The molecule has 1 aromatic heterocycles. The molecule has 0 amide bonds. The van der Waals surface area contributed by atoms with Crippen molar-refractivity contribution in [1.29, 1.82) is 0 Å². The largest absolute Gasteiger partial charge is 0.330 e. The van der Waals surface area contributed by atoms with Gasteiger partial charge in [-0.05, 0) is 37.9 Å². The zero-order valence-electron chi connectivity index (χ0n) is 9.07. The minimum Gasteiger partial charge on any atom is -0.330 e. The Bertz CT molecular complexity index is 233. The van der Waals surface area contributed by atoms with Crippen molar-refractivity contribution in [2.24, 2.45) is 5.73 Å². The number of thiophene rings is 1. The molecule has 14 heavy (non-hydrogen) atoms. The predicted octanol–water partition coefficient (Wildman–Crippen LogP) is 2.31. The lowest BCUT2D eigenvalue weighted by molar-refractivity contribution is 0.205. The highest BCUT2D eigenvalue weighted by Gasteiger charge is 2.11. The third-order valence-electron chi connectivity index (χ3n) is 2.55. The molecule has 0 aromatic carbocycles. The van der Waals surface area contributed by atoms with E-state index < -0.39 is 0 Å². The number of nitrogens with two attached hydrogens (primary N) is 1. The van der Waals surface area contributed by atoms with Gasteiger partial charge in [-0.1, -0.05) is 13.0 Å². The number of hydrogen-bond donors (Lipinski definition) is 1. The van der Waals surface area contributed by atoms with E-state index in [0.29, 0.717) is 6.04 Å². The molecule has 1 rings (SSSR count). The predicted molar refractivity (Wildman–Crippen MR) is 63.5 cm³/mol. The highest BCUT2D eigenvalue weighted by molar-refractivity contribution is 7.09. The molecule has 80 valence electrons. The van der Waals surface area contributed by atoms with E-state index in [1.54, 1.807) is 0 Å². The fraction of sp³-hybridized carbons (Fsp3) is 0.636. The van der Waals surface area contributed by atoms with Gasteiger partial charge in [0.2, 0.25) is 0 Å². The Morgan fingerprint density at radius 1 is 1.57 bits per heavy atom. The summed E-state index contributed by atoms with van der Waals surface area (Å²) in [4.78, 5) is 3.91. The van der Waals surface area contributed by atoms with Gasteiger partial charge >= 0.3 is 0 Å². The zero-order chi connectivity index (χ0) is 10.4. The molecule has 0 saturated heterocycles. The summed E-state index contributed by atoms with van der Waals surface area (Å²) in [6.07, 6.45) is 1.08. The summed E-state index contributed by atoms with van der Waals surface area (Å²) in [5, 5.41) is 2.14. The molecule has 3 heteroatoms. The summed E-state index contributed by atoms with van der Waals surface area (Å²) in [5.41, 5.74) is 5.57. The van der Waals surface area contributed by atoms with Gasteiger partial charge in [-0.25, -0.2) is 0 Å². The van der Waals surface area contributed by atoms with E-state index in [-0.39, 0.29) is 0 Å². The van der Waals surface area contributed by atoms with Crippen LogP contribution in [0.4, 0.5) is 0 Å². The molecule has 2 nitrogen and oxygen atoms in total. The summed E-state index contributed by atoms with van der Waals surface area (Å²) in [6.45, 7) is 7.40. The van der Waals surface area contributed by atoms with E-state index in [4.69, 9.17) is 5.73 Å². The third-order valence-corrected chi connectivity index (χ3v) is 3.41. The van der Waals surface area contributed by atoms with Crippen LogP contribution in [0.3, 0.4) is 0 Å². The molecule has 0 saturated carbocycles. The maximum absolute atomic E-state index is 5.57. The first-order chi connectivity index (χ1) is 6.77. The zero-order valence-corrected chi connectivity index (χ0v) is 9.89. The van der Waals surface area contributed by atoms with Gasteiger partial charge in [0, 0.05) is 17.5 Å². The highest BCUT2D eigenvalue weighted by atomic mass is 32.1. The smallest absolute Gasteiger partial charge is 0.0330 e. The van der Waals surface area contributed by atoms with Crippen molar-refractivity contribution in [3.8, 4) is 0 Å². The van der Waals surface area contributed by atoms with Crippen LogP contribution in [0.15, 0.2) is 17.5 Å². The van der Waals surface area contributed by atoms with Crippen LogP contribution in [-0.4, -0.2) is 24.0 Å². The second-order valence-corrected chi connectivity index (χ2v) is 4.60. The number of hydrogen-bond acceptors (Lipinski definition) is 3. The summed E-state index contributed by atoms with van der Waals surface area (Å²) < 4.78 is 0. The first-order valence-corrected chi connectivity index (χ1v) is 6.12. The Balaban J connectivity index is 2.46. The minimum atomic E-state index is 0.590. The lowest BCUT2D eigenvalue weighted by atomic mass is 10.2. The van der Waals surface area contributed by atoms with Crippen LogP contribution in [0.2, 0.25) is 0 Å². The van der Waals surface area contributed by atoms with Crippen LogP contribution in [0.25, 0.3) is 0 Å². The van der Waals surface area contributed by atoms with Crippen molar-refractivity contribution in [2.45, 2.75) is 32.9 Å². The van der Waals surface area contributed by atoms with Crippen LogP contribution >= 0.6 is 11.3 Å². The molecule has 0 aliphatic carbocycles. The fourth-order valence-electron chi connectivity index (χ4n) is 1.61. The van der Waals surface area contributed by atoms with E-state index in [9.17, 15) is 0 Å². The maximum Gasteiger partial charge on any atom is 0.0330 e. The highest BCUT2D eigenvalue weighted by Crippen LogP contribution is 2.14. The molecule has 0 radical (unpaired) electrons. The molecule has 0 aliphatic rings.